The Kier molecular flexibility index (Phi) is 4.07. The second kappa shape index (κ2) is 6.84. The average Bonchev–Trinajstić information content (AvgIpc) is 3.34. The van der Waals surface area contributed by atoms with E-state index in [1.807, 2.05) is 24.3 Å². The summed E-state index contributed by atoms with van der Waals surface area (Å²) in [5.74, 6) is 2.04. The van der Waals surface area contributed by atoms with E-state index in [0.717, 1.165) is 11.3 Å². The van der Waals surface area contributed by atoms with Crippen LogP contribution < -0.4 is 14.2 Å². The summed E-state index contributed by atoms with van der Waals surface area (Å²) in [6, 6.07) is 18.8. The number of benzene rings is 3. The second-order valence-corrected chi connectivity index (χ2v) is 8.23. The van der Waals surface area contributed by atoms with E-state index in [0.29, 0.717) is 36.7 Å². The van der Waals surface area contributed by atoms with Gasteiger partial charge in [0.2, 0.25) is 0 Å². The number of ether oxygens (including phenoxy) is 3. The van der Waals surface area contributed by atoms with Crippen molar-refractivity contribution in [3.8, 4) is 17.2 Å². The summed E-state index contributed by atoms with van der Waals surface area (Å²) in [6.45, 7) is 0.841. The Labute approximate surface area is 178 Å². The third-order valence-corrected chi connectivity index (χ3v) is 6.43. The van der Waals surface area contributed by atoms with Gasteiger partial charge in [0, 0.05) is 23.6 Å². The van der Waals surface area contributed by atoms with E-state index in [9.17, 15) is 8.78 Å². The molecule has 0 saturated carbocycles. The largest absolute Gasteiger partial charge is 0.491 e. The Morgan fingerprint density at radius 1 is 0.903 bits per heavy atom. The van der Waals surface area contributed by atoms with Crippen molar-refractivity contribution in [2.45, 2.75) is 24.4 Å². The van der Waals surface area contributed by atoms with Crippen LogP contribution in [0.3, 0.4) is 0 Å². The van der Waals surface area contributed by atoms with E-state index in [2.05, 4.69) is 24.3 Å². The molecule has 5 heteroatoms. The minimum atomic E-state index is -2.51. The van der Waals surface area contributed by atoms with Crippen LogP contribution in [-0.2, 0) is 11.8 Å². The van der Waals surface area contributed by atoms with Gasteiger partial charge >= 0.3 is 0 Å². The van der Waals surface area contributed by atoms with Crippen LogP contribution in [0, 0.1) is 0 Å². The van der Waals surface area contributed by atoms with Crippen LogP contribution in [0.15, 0.2) is 66.7 Å². The van der Waals surface area contributed by atoms with Crippen LogP contribution in [-0.4, -0.2) is 19.3 Å². The zero-order chi connectivity index (χ0) is 21.0. The molecule has 0 bridgehead atoms. The molecule has 6 rings (SSSR count). The van der Waals surface area contributed by atoms with Gasteiger partial charge in [-0.15, -0.1) is 0 Å². The Balaban J connectivity index is 1.30. The van der Waals surface area contributed by atoms with Gasteiger partial charge in [0.25, 0.3) is 6.43 Å². The molecule has 0 N–H and O–H groups in total. The van der Waals surface area contributed by atoms with Crippen LogP contribution in [0.1, 0.15) is 34.2 Å². The Morgan fingerprint density at radius 2 is 1.74 bits per heavy atom. The fraction of sp³-hybridized carbons (Fsp3) is 0.231. The number of hydrogen-bond donors (Lipinski definition) is 0. The highest BCUT2D eigenvalue weighted by Crippen LogP contribution is 2.52. The number of hydrogen-bond acceptors (Lipinski definition) is 3. The first-order chi connectivity index (χ1) is 15.1. The van der Waals surface area contributed by atoms with E-state index in [1.54, 1.807) is 18.2 Å². The zero-order valence-electron chi connectivity index (χ0n) is 16.7. The van der Waals surface area contributed by atoms with Crippen LogP contribution in [0.25, 0.3) is 6.08 Å². The maximum atomic E-state index is 13.3. The van der Waals surface area contributed by atoms with Crippen molar-refractivity contribution >= 4 is 6.08 Å². The molecular weight excluding hydrogens is 398 g/mol. The molecule has 2 aliphatic heterocycles. The fourth-order valence-corrected chi connectivity index (χ4v) is 4.89. The van der Waals surface area contributed by atoms with Crippen molar-refractivity contribution in [3.05, 3.63) is 94.6 Å². The fourth-order valence-electron chi connectivity index (χ4n) is 4.89. The number of alkyl halides is 2. The Bertz CT molecular complexity index is 1200. The molecule has 0 saturated heterocycles. The maximum Gasteiger partial charge on any atom is 0.264 e. The molecule has 1 spiro atoms. The van der Waals surface area contributed by atoms with Gasteiger partial charge < -0.3 is 14.2 Å². The lowest BCUT2D eigenvalue weighted by molar-refractivity contribution is 0.0894. The third kappa shape index (κ3) is 2.83. The van der Waals surface area contributed by atoms with Gasteiger partial charge in [-0.2, -0.15) is 0 Å². The summed E-state index contributed by atoms with van der Waals surface area (Å²) in [6.07, 6.45) is 1.85. The zero-order valence-corrected chi connectivity index (χ0v) is 16.7. The molecule has 156 valence electrons. The van der Waals surface area contributed by atoms with Crippen LogP contribution >= 0.6 is 0 Å². The minimum Gasteiger partial charge on any atom is -0.491 e. The molecule has 3 aromatic carbocycles. The van der Waals surface area contributed by atoms with Crippen molar-refractivity contribution in [3.63, 3.8) is 0 Å². The van der Waals surface area contributed by atoms with Gasteiger partial charge in [0.15, 0.2) is 11.5 Å². The topological polar surface area (TPSA) is 27.7 Å². The highest BCUT2D eigenvalue weighted by Gasteiger charge is 2.45. The summed E-state index contributed by atoms with van der Waals surface area (Å²) in [5.41, 5.74) is 3.81. The summed E-state index contributed by atoms with van der Waals surface area (Å²) >= 11 is 0. The van der Waals surface area contributed by atoms with E-state index >= 15 is 0 Å². The summed E-state index contributed by atoms with van der Waals surface area (Å²) < 4.78 is 44.9. The van der Waals surface area contributed by atoms with Crippen LogP contribution in [0.5, 0.6) is 17.2 Å². The number of fused-ring (bicyclic) bond motifs is 5. The van der Waals surface area contributed by atoms with Gasteiger partial charge in [-0.1, -0.05) is 60.7 Å². The van der Waals surface area contributed by atoms with Gasteiger partial charge in [0.05, 0.1) is 5.41 Å². The van der Waals surface area contributed by atoms with Gasteiger partial charge in [-0.3, -0.25) is 0 Å². The third-order valence-electron chi connectivity index (χ3n) is 6.43. The lowest BCUT2D eigenvalue weighted by atomic mass is 9.78. The molecule has 0 fully saturated rings. The minimum absolute atomic E-state index is 0.0443. The molecule has 0 aromatic heterocycles. The molecule has 3 nitrogen and oxygen atoms in total. The summed E-state index contributed by atoms with van der Waals surface area (Å²) in [5, 5.41) is 0. The predicted octanol–water partition coefficient (Wildman–Crippen LogP) is 5.71. The normalized spacial score (nSPS) is 22.5. The molecular formula is C26H20F2O3. The van der Waals surface area contributed by atoms with Crippen molar-refractivity contribution in [2.75, 3.05) is 13.2 Å². The number of halogens is 2. The summed E-state index contributed by atoms with van der Waals surface area (Å²) in [7, 11) is 0. The standard InChI is InChI=1S/C26H20F2O3/c27-25(28)19-7-3-1-6-17(19)11-18-14-29-23-12-21-22(13-24(23)31-18)30-15-26(21)10-9-16-5-2-4-8-20(16)26/h1-10,12-13,18,25H,11,14-15H2. The molecule has 2 atom stereocenters. The van der Waals surface area contributed by atoms with E-state index in [1.165, 1.54) is 17.2 Å². The molecule has 3 aromatic rings. The van der Waals surface area contributed by atoms with Crippen molar-refractivity contribution < 1.29 is 23.0 Å². The first-order valence-electron chi connectivity index (χ1n) is 10.4. The van der Waals surface area contributed by atoms with Crippen LogP contribution in [0.2, 0.25) is 0 Å². The lowest BCUT2D eigenvalue weighted by Crippen LogP contribution is -2.31. The highest BCUT2D eigenvalue weighted by atomic mass is 19.3. The predicted molar refractivity (Wildman–Crippen MR) is 113 cm³/mol. The second-order valence-electron chi connectivity index (χ2n) is 8.23. The molecule has 31 heavy (non-hydrogen) atoms. The molecule has 1 aliphatic carbocycles. The Hall–Kier alpha value is -3.34. The van der Waals surface area contributed by atoms with Crippen molar-refractivity contribution in [2.24, 2.45) is 0 Å². The smallest absolute Gasteiger partial charge is 0.264 e. The lowest BCUT2D eigenvalue weighted by Gasteiger charge is -2.29. The molecule has 0 radical (unpaired) electrons. The Morgan fingerprint density at radius 3 is 2.65 bits per heavy atom. The van der Waals surface area contributed by atoms with Gasteiger partial charge in [-0.25, -0.2) is 8.78 Å². The molecule has 2 unspecified atom stereocenters. The quantitative estimate of drug-likeness (QED) is 0.545. The highest BCUT2D eigenvalue weighted by molar-refractivity contribution is 5.73. The van der Waals surface area contributed by atoms with E-state index in [4.69, 9.17) is 14.2 Å². The summed E-state index contributed by atoms with van der Waals surface area (Å²) in [4.78, 5) is 0. The first-order valence-corrected chi connectivity index (χ1v) is 10.4. The van der Waals surface area contributed by atoms with Gasteiger partial charge in [-0.05, 0) is 22.8 Å². The molecule has 3 aliphatic rings. The van der Waals surface area contributed by atoms with Crippen LogP contribution in [0.4, 0.5) is 8.78 Å². The number of rotatable bonds is 3. The monoisotopic (exact) mass is 418 g/mol. The first kappa shape index (κ1) is 18.4. The van der Waals surface area contributed by atoms with Crippen molar-refractivity contribution in [1.29, 1.82) is 0 Å². The van der Waals surface area contributed by atoms with E-state index < -0.39 is 6.43 Å². The molecule has 2 heterocycles. The SMILES string of the molecule is FC(F)c1ccccc1CC1COc2cc3c(cc2O1)OCC31C=Cc2ccccc21. The maximum absolute atomic E-state index is 13.3. The average molecular weight is 418 g/mol. The van der Waals surface area contributed by atoms with Crippen molar-refractivity contribution in [1.82, 2.24) is 0 Å². The molecule has 0 amide bonds. The van der Waals surface area contributed by atoms with E-state index in [-0.39, 0.29) is 17.1 Å². The van der Waals surface area contributed by atoms with Gasteiger partial charge in [0.1, 0.15) is 25.1 Å².